The van der Waals surface area contributed by atoms with Crippen LogP contribution in [-0.4, -0.2) is 39.8 Å². The second kappa shape index (κ2) is 8.73. The molecule has 0 unspecified atom stereocenters. The molecule has 1 aromatic carbocycles. The molecule has 1 fully saturated rings. The number of methoxy groups -OCH3 is 1. The van der Waals surface area contributed by atoms with Crippen molar-refractivity contribution in [1.29, 1.82) is 0 Å². The lowest BCUT2D eigenvalue weighted by atomic mass is 9.86. The Balaban J connectivity index is 1.90. The highest BCUT2D eigenvalue weighted by Gasteiger charge is 2.29. The molecule has 1 N–H and O–H groups in total. The Labute approximate surface area is 139 Å². The number of hydrogen-bond donors (Lipinski definition) is 1. The van der Waals surface area contributed by atoms with Gasteiger partial charge < -0.3 is 14.4 Å². The first-order valence-electron chi connectivity index (χ1n) is 8.40. The van der Waals surface area contributed by atoms with E-state index < -0.39 is 0 Å². The van der Waals surface area contributed by atoms with Gasteiger partial charge in [0.1, 0.15) is 11.9 Å². The first-order chi connectivity index (χ1) is 11.1. The molecule has 4 heteroatoms. The average Bonchev–Trinajstić information content (AvgIpc) is 2.55. The summed E-state index contributed by atoms with van der Waals surface area (Å²) in [6.45, 7) is 1.06. The number of carbonyl (C=O) groups is 1. The molecule has 1 aromatic rings. The lowest BCUT2D eigenvalue weighted by Gasteiger charge is -2.31. The van der Waals surface area contributed by atoms with E-state index in [-0.39, 0.29) is 12.1 Å². The predicted octanol–water partition coefficient (Wildman–Crippen LogP) is 1.95. The minimum absolute atomic E-state index is 0.0617. The maximum absolute atomic E-state index is 12.1. The van der Waals surface area contributed by atoms with Crippen LogP contribution in [0.15, 0.2) is 30.3 Å². The zero-order chi connectivity index (χ0) is 16.7. The van der Waals surface area contributed by atoms with Crippen LogP contribution in [0.4, 0.5) is 0 Å². The fourth-order valence-corrected chi connectivity index (χ4v) is 3.15. The summed E-state index contributed by atoms with van der Waals surface area (Å²) in [6, 6.07) is 7.59. The lowest BCUT2D eigenvalue weighted by molar-refractivity contribution is -0.862. The van der Waals surface area contributed by atoms with Crippen molar-refractivity contribution in [3.8, 4) is 5.75 Å². The third-order valence-electron chi connectivity index (χ3n) is 4.30. The fraction of sp³-hybridized carbons (Fsp3) is 0.526. The molecule has 1 aliphatic carbocycles. The van der Waals surface area contributed by atoms with E-state index in [1.165, 1.54) is 17.4 Å². The van der Waals surface area contributed by atoms with Gasteiger partial charge in [-0.25, -0.2) is 4.79 Å². The molecule has 0 aliphatic heterocycles. The van der Waals surface area contributed by atoms with Crippen LogP contribution in [0.2, 0.25) is 0 Å². The zero-order valence-electron chi connectivity index (χ0n) is 14.4. The standard InChI is InChI=1S/C19H27NO3/c1-20(2)14-16-6-4-5-7-18(16)23-19(21)13-10-15-8-11-17(22-3)12-9-15/h8-13,16,18H,4-7,14H2,1-3H3/p+1/b13-10+/t16-,18-/m0/s1. The van der Waals surface area contributed by atoms with Crippen LogP contribution < -0.4 is 9.64 Å². The van der Waals surface area contributed by atoms with E-state index in [2.05, 4.69) is 14.1 Å². The minimum atomic E-state index is -0.244. The number of quaternary nitrogens is 1. The number of carbonyl (C=O) groups excluding carboxylic acids is 1. The van der Waals surface area contributed by atoms with Gasteiger partial charge in [0.25, 0.3) is 0 Å². The second-order valence-electron chi connectivity index (χ2n) is 6.54. The van der Waals surface area contributed by atoms with Gasteiger partial charge in [0.2, 0.25) is 0 Å². The molecule has 1 saturated carbocycles. The van der Waals surface area contributed by atoms with Crippen LogP contribution in [0, 0.1) is 5.92 Å². The van der Waals surface area contributed by atoms with Gasteiger partial charge >= 0.3 is 5.97 Å². The van der Waals surface area contributed by atoms with Crippen LogP contribution in [-0.2, 0) is 9.53 Å². The Morgan fingerprint density at radius 1 is 1.22 bits per heavy atom. The van der Waals surface area contributed by atoms with E-state index in [4.69, 9.17) is 9.47 Å². The maximum Gasteiger partial charge on any atom is 0.331 e. The predicted molar refractivity (Wildman–Crippen MR) is 91.5 cm³/mol. The summed E-state index contributed by atoms with van der Waals surface area (Å²) in [5, 5.41) is 0. The Bertz CT molecular complexity index is 522. The molecule has 2 rings (SSSR count). The van der Waals surface area contributed by atoms with Crippen LogP contribution in [0.1, 0.15) is 31.2 Å². The highest BCUT2D eigenvalue weighted by Crippen LogP contribution is 2.26. The Morgan fingerprint density at radius 3 is 2.57 bits per heavy atom. The van der Waals surface area contributed by atoms with Crippen LogP contribution in [0.5, 0.6) is 5.75 Å². The normalized spacial score (nSPS) is 21.6. The molecule has 126 valence electrons. The number of rotatable bonds is 6. The molecule has 0 aromatic heterocycles. The number of hydrogen-bond acceptors (Lipinski definition) is 3. The van der Waals surface area contributed by atoms with E-state index in [0.29, 0.717) is 5.92 Å². The molecule has 0 amide bonds. The second-order valence-corrected chi connectivity index (χ2v) is 6.54. The summed E-state index contributed by atoms with van der Waals surface area (Å²) in [5.41, 5.74) is 0.959. The smallest absolute Gasteiger partial charge is 0.331 e. The maximum atomic E-state index is 12.1. The number of esters is 1. The van der Waals surface area contributed by atoms with Crippen molar-refractivity contribution in [2.24, 2.45) is 5.92 Å². The van der Waals surface area contributed by atoms with Crippen LogP contribution in [0.25, 0.3) is 6.08 Å². The molecular weight excluding hydrogens is 290 g/mol. The van der Waals surface area contributed by atoms with Crippen molar-refractivity contribution < 1.29 is 19.2 Å². The molecular formula is C19H28NO3+. The summed E-state index contributed by atoms with van der Waals surface area (Å²) < 4.78 is 10.8. The van der Waals surface area contributed by atoms with E-state index >= 15 is 0 Å². The van der Waals surface area contributed by atoms with Gasteiger partial charge in [-0.1, -0.05) is 18.6 Å². The van der Waals surface area contributed by atoms with Gasteiger partial charge in [0.15, 0.2) is 0 Å². The van der Waals surface area contributed by atoms with Gasteiger partial charge in [0.05, 0.1) is 27.7 Å². The van der Waals surface area contributed by atoms with Crippen molar-refractivity contribution in [3.05, 3.63) is 35.9 Å². The SMILES string of the molecule is COc1ccc(/C=C/C(=O)O[C@H]2CCCC[C@H]2C[NH+](C)C)cc1. The molecule has 0 spiro atoms. The Morgan fingerprint density at radius 2 is 1.91 bits per heavy atom. The third-order valence-corrected chi connectivity index (χ3v) is 4.30. The van der Waals surface area contributed by atoms with Crippen molar-refractivity contribution >= 4 is 12.0 Å². The van der Waals surface area contributed by atoms with E-state index in [1.54, 1.807) is 13.2 Å². The lowest BCUT2D eigenvalue weighted by Crippen LogP contribution is -3.06. The van der Waals surface area contributed by atoms with Gasteiger partial charge in [-0.3, -0.25) is 0 Å². The summed E-state index contributed by atoms with van der Waals surface area (Å²) in [5.74, 6) is 1.04. The summed E-state index contributed by atoms with van der Waals surface area (Å²) in [6.07, 6.45) is 7.91. The molecule has 2 atom stereocenters. The van der Waals surface area contributed by atoms with Crippen molar-refractivity contribution in [3.63, 3.8) is 0 Å². The van der Waals surface area contributed by atoms with Crippen molar-refractivity contribution in [2.75, 3.05) is 27.7 Å². The van der Waals surface area contributed by atoms with Gasteiger partial charge in [-0.05, 0) is 43.0 Å². The Hall–Kier alpha value is -1.81. The van der Waals surface area contributed by atoms with Gasteiger partial charge in [-0.15, -0.1) is 0 Å². The highest BCUT2D eigenvalue weighted by atomic mass is 16.5. The number of benzene rings is 1. The molecule has 1 aliphatic rings. The molecule has 23 heavy (non-hydrogen) atoms. The minimum Gasteiger partial charge on any atom is -0.497 e. The summed E-state index contributed by atoms with van der Waals surface area (Å²) in [7, 11) is 5.94. The molecule has 4 nitrogen and oxygen atoms in total. The molecule has 0 radical (unpaired) electrons. The number of ether oxygens (including phenoxy) is 2. The quantitative estimate of drug-likeness (QED) is 0.644. The van der Waals surface area contributed by atoms with Crippen molar-refractivity contribution in [2.45, 2.75) is 31.8 Å². The van der Waals surface area contributed by atoms with Crippen LogP contribution in [0.3, 0.4) is 0 Å². The van der Waals surface area contributed by atoms with Gasteiger partial charge in [0, 0.05) is 12.0 Å². The summed E-state index contributed by atoms with van der Waals surface area (Å²) >= 11 is 0. The van der Waals surface area contributed by atoms with E-state index in [1.807, 2.05) is 24.3 Å². The molecule has 0 heterocycles. The van der Waals surface area contributed by atoms with Crippen molar-refractivity contribution in [1.82, 2.24) is 0 Å². The number of nitrogens with one attached hydrogen (secondary N) is 1. The van der Waals surface area contributed by atoms with E-state index in [0.717, 1.165) is 37.1 Å². The first-order valence-corrected chi connectivity index (χ1v) is 8.40. The van der Waals surface area contributed by atoms with E-state index in [9.17, 15) is 4.79 Å². The van der Waals surface area contributed by atoms with Crippen LogP contribution >= 0.6 is 0 Å². The van der Waals surface area contributed by atoms with Gasteiger partial charge in [-0.2, -0.15) is 0 Å². The largest absolute Gasteiger partial charge is 0.497 e. The zero-order valence-corrected chi connectivity index (χ0v) is 14.4. The highest BCUT2D eigenvalue weighted by molar-refractivity contribution is 5.87. The molecule has 0 saturated heterocycles. The summed E-state index contributed by atoms with van der Waals surface area (Å²) in [4.78, 5) is 13.5. The average molecular weight is 318 g/mol. The first kappa shape index (κ1) is 17.5. The fourth-order valence-electron chi connectivity index (χ4n) is 3.15. The Kier molecular flexibility index (Phi) is 6.66. The topological polar surface area (TPSA) is 40.0 Å². The monoisotopic (exact) mass is 318 g/mol. The molecule has 0 bridgehead atoms. The third kappa shape index (κ3) is 5.71.